The van der Waals surface area contributed by atoms with Crippen molar-refractivity contribution in [2.75, 3.05) is 4.72 Å². The Balaban J connectivity index is 1.79. The Morgan fingerprint density at radius 3 is 2.54 bits per heavy atom. The number of aromatic nitrogens is 2. The lowest BCUT2D eigenvalue weighted by molar-refractivity contribution is 0.0696. The first kappa shape index (κ1) is 18.4. The van der Waals surface area contributed by atoms with Crippen LogP contribution in [0.2, 0.25) is 0 Å². The summed E-state index contributed by atoms with van der Waals surface area (Å²) in [5.74, 6) is -1.17. The van der Waals surface area contributed by atoms with Crippen LogP contribution in [0.5, 0.6) is 0 Å². The first-order valence-electron chi connectivity index (χ1n) is 7.26. The molecule has 0 spiro atoms. The standard InChI is InChI=1S/C16H13N3O4S3/c1-10-2-7-13(8-14(10)15(20)21)26(22,23)19-11-3-5-12(6-4-11)25-16-18-17-9-24-16/h2-9,19H,1H3,(H,20,21). The van der Waals surface area contributed by atoms with Gasteiger partial charge < -0.3 is 5.11 Å². The van der Waals surface area contributed by atoms with Crippen LogP contribution in [0, 0.1) is 6.92 Å². The van der Waals surface area contributed by atoms with Gasteiger partial charge in [0.2, 0.25) is 0 Å². The van der Waals surface area contributed by atoms with Crippen LogP contribution in [0.1, 0.15) is 15.9 Å². The van der Waals surface area contributed by atoms with Crippen molar-refractivity contribution in [1.82, 2.24) is 10.2 Å². The minimum atomic E-state index is -3.89. The number of nitrogens with zero attached hydrogens (tertiary/aromatic N) is 2. The maximum atomic E-state index is 12.5. The molecule has 7 nitrogen and oxygen atoms in total. The molecule has 0 aliphatic heterocycles. The number of carbonyl (C=O) groups is 1. The molecule has 3 rings (SSSR count). The van der Waals surface area contributed by atoms with Crippen LogP contribution < -0.4 is 4.72 Å². The van der Waals surface area contributed by atoms with Gasteiger partial charge >= 0.3 is 5.97 Å². The van der Waals surface area contributed by atoms with Gasteiger partial charge in [-0.3, -0.25) is 4.72 Å². The predicted molar refractivity (Wildman–Crippen MR) is 99.4 cm³/mol. The van der Waals surface area contributed by atoms with Gasteiger partial charge in [0.1, 0.15) is 5.51 Å². The number of sulfonamides is 1. The number of aromatic carboxylic acids is 1. The minimum Gasteiger partial charge on any atom is -0.478 e. The average molecular weight is 407 g/mol. The van der Waals surface area contributed by atoms with Crippen LogP contribution in [-0.2, 0) is 10.0 Å². The van der Waals surface area contributed by atoms with Crippen molar-refractivity contribution in [1.29, 1.82) is 0 Å². The molecule has 0 saturated carbocycles. The molecule has 1 heterocycles. The van der Waals surface area contributed by atoms with Gasteiger partial charge in [0, 0.05) is 10.6 Å². The number of aryl methyl sites for hydroxylation is 1. The highest BCUT2D eigenvalue weighted by molar-refractivity contribution is 8.01. The molecule has 0 fully saturated rings. The Kier molecular flexibility index (Phi) is 5.25. The molecule has 0 aliphatic carbocycles. The van der Waals surface area contributed by atoms with E-state index in [2.05, 4.69) is 14.9 Å². The zero-order chi connectivity index (χ0) is 18.7. The molecule has 0 aliphatic rings. The predicted octanol–water partition coefficient (Wildman–Crippen LogP) is 3.50. The van der Waals surface area contributed by atoms with E-state index in [4.69, 9.17) is 5.11 Å². The Bertz CT molecular complexity index is 1030. The maximum absolute atomic E-state index is 12.5. The number of carboxylic acid groups (broad SMARTS) is 1. The van der Waals surface area contributed by atoms with Gasteiger partial charge in [-0.1, -0.05) is 29.2 Å². The molecule has 134 valence electrons. The number of anilines is 1. The third-order valence-electron chi connectivity index (χ3n) is 3.40. The smallest absolute Gasteiger partial charge is 0.335 e. The van der Waals surface area contributed by atoms with E-state index in [1.807, 2.05) is 0 Å². The van der Waals surface area contributed by atoms with Crippen LogP contribution in [0.3, 0.4) is 0 Å². The highest BCUT2D eigenvalue weighted by Gasteiger charge is 2.18. The normalized spacial score (nSPS) is 11.3. The minimum absolute atomic E-state index is 0.0447. The van der Waals surface area contributed by atoms with Gasteiger partial charge in [0.25, 0.3) is 10.0 Å². The van der Waals surface area contributed by atoms with Crippen LogP contribution in [0.15, 0.2) is 62.1 Å². The second-order valence-electron chi connectivity index (χ2n) is 5.22. The molecular formula is C16H13N3O4S3. The van der Waals surface area contributed by atoms with Crippen molar-refractivity contribution in [3.63, 3.8) is 0 Å². The molecule has 2 aromatic carbocycles. The molecule has 0 unspecified atom stereocenters. The molecule has 1 aromatic heterocycles. The van der Waals surface area contributed by atoms with E-state index >= 15 is 0 Å². The zero-order valence-electron chi connectivity index (χ0n) is 13.4. The molecule has 0 bridgehead atoms. The number of benzene rings is 2. The fraction of sp³-hybridized carbons (Fsp3) is 0.0625. The third kappa shape index (κ3) is 4.21. The molecule has 0 atom stereocenters. The van der Waals surface area contributed by atoms with Crippen LogP contribution in [-0.4, -0.2) is 29.7 Å². The topological polar surface area (TPSA) is 109 Å². The fourth-order valence-corrected chi connectivity index (χ4v) is 4.65. The molecule has 3 aromatic rings. The Hall–Kier alpha value is -2.43. The summed E-state index contributed by atoms with van der Waals surface area (Å²) in [6.45, 7) is 1.61. The molecule has 10 heteroatoms. The van der Waals surface area contributed by atoms with Gasteiger partial charge in [0.15, 0.2) is 4.34 Å². The largest absolute Gasteiger partial charge is 0.478 e. The van der Waals surface area contributed by atoms with Crippen LogP contribution in [0.25, 0.3) is 0 Å². The van der Waals surface area contributed by atoms with Gasteiger partial charge in [-0.15, -0.1) is 10.2 Å². The van der Waals surface area contributed by atoms with Gasteiger partial charge in [0.05, 0.1) is 10.5 Å². The summed E-state index contributed by atoms with van der Waals surface area (Å²) in [5.41, 5.74) is 2.47. The van der Waals surface area contributed by atoms with Crippen molar-refractivity contribution < 1.29 is 18.3 Å². The van der Waals surface area contributed by atoms with E-state index in [-0.39, 0.29) is 10.5 Å². The SMILES string of the molecule is Cc1ccc(S(=O)(=O)Nc2ccc(Sc3nncs3)cc2)cc1C(=O)O. The molecular weight excluding hydrogens is 394 g/mol. The van der Waals surface area contributed by atoms with E-state index in [9.17, 15) is 13.2 Å². The van der Waals surface area contributed by atoms with E-state index in [1.165, 1.54) is 35.2 Å². The van der Waals surface area contributed by atoms with Crippen LogP contribution >= 0.6 is 23.1 Å². The number of hydrogen-bond acceptors (Lipinski definition) is 7. The third-order valence-corrected chi connectivity index (χ3v) is 6.57. The summed E-state index contributed by atoms with van der Waals surface area (Å²) >= 11 is 2.84. The zero-order valence-corrected chi connectivity index (χ0v) is 15.9. The summed E-state index contributed by atoms with van der Waals surface area (Å²) < 4.78 is 28.2. The quantitative estimate of drug-likeness (QED) is 0.643. The fourth-order valence-electron chi connectivity index (χ4n) is 2.11. The van der Waals surface area contributed by atoms with Crippen molar-refractivity contribution >= 4 is 44.8 Å². The number of hydrogen-bond donors (Lipinski definition) is 2. The molecule has 0 radical (unpaired) electrons. The van der Waals surface area contributed by atoms with E-state index < -0.39 is 16.0 Å². The van der Waals surface area contributed by atoms with Crippen molar-refractivity contribution in [2.24, 2.45) is 0 Å². The Morgan fingerprint density at radius 2 is 1.92 bits per heavy atom. The molecule has 0 saturated heterocycles. The first-order chi connectivity index (χ1) is 12.3. The molecule has 0 amide bonds. The van der Waals surface area contributed by atoms with Gasteiger partial charge in [-0.25, -0.2) is 13.2 Å². The highest BCUT2D eigenvalue weighted by atomic mass is 32.2. The summed E-state index contributed by atoms with van der Waals surface area (Å²) in [5, 5.41) is 16.8. The Labute approximate surface area is 158 Å². The monoisotopic (exact) mass is 407 g/mol. The number of nitrogens with one attached hydrogen (secondary N) is 1. The first-order valence-corrected chi connectivity index (χ1v) is 10.4. The number of carboxylic acids is 1. The van der Waals surface area contributed by atoms with Crippen molar-refractivity contribution in [3.8, 4) is 0 Å². The van der Waals surface area contributed by atoms with Crippen molar-refractivity contribution in [3.05, 3.63) is 59.1 Å². The maximum Gasteiger partial charge on any atom is 0.335 e. The lowest BCUT2D eigenvalue weighted by Gasteiger charge is -2.10. The second kappa shape index (κ2) is 7.44. The Morgan fingerprint density at radius 1 is 1.19 bits per heavy atom. The molecule has 2 N–H and O–H groups in total. The van der Waals surface area contributed by atoms with E-state index in [1.54, 1.807) is 36.7 Å². The summed E-state index contributed by atoms with van der Waals surface area (Å²) in [6, 6.07) is 10.8. The summed E-state index contributed by atoms with van der Waals surface area (Å²) in [7, 11) is -3.89. The molecule has 26 heavy (non-hydrogen) atoms. The van der Waals surface area contributed by atoms with Crippen molar-refractivity contribution in [2.45, 2.75) is 21.1 Å². The lowest BCUT2D eigenvalue weighted by atomic mass is 10.1. The highest BCUT2D eigenvalue weighted by Crippen LogP contribution is 2.29. The lowest BCUT2D eigenvalue weighted by Crippen LogP contribution is -2.14. The van der Waals surface area contributed by atoms with E-state index in [0.717, 1.165) is 15.3 Å². The van der Waals surface area contributed by atoms with Crippen LogP contribution in [0.4, 0.5) is 5.69 Å². The van der Waals surface area contributed by atoms with Gasteiger partial charge in [-0.2, -0.15) is 0 Å². The number of rotatable bonds is 6. The summed E-state index contributed by atoms with van der Waals surface area (Å²) in [4.78, 5) is 12.0. The second-order valence-corrected chi connectivity index (χ2v) is 9.05. The van der Waals surface area contributed by atoms with E-state index in [0.29, 0.717) is 11.3 Å². The average Bonchev–Trinajstić information content (AvgIpc) is 3.09. The van der Waals surface area contributed by atoms with Gasteiger partial charge in [-0.05, 0) is 48.9 Å². The summed E-state index contributed by atoms with van der Waals surface area (Å²) in [6.07, 6.45) is 0.